The number of ether oxygens (including phenoxy) is 1. The van der Waals surface area contributed by atoms with Crippen molar-refractivity contribution in [3.63, 3.8) is 0 Å². The molecule has 0 aromatic heterocycles. The van der Waals surface area contributed by atoms with Crippen LogP contribution in [0.4, 0.5) is 5.69 Å². The van der Waals surface area contributed by atoms with Gasteiger partial charge in [0.25, 0.3) is 0 Å². The van der Waals surface area contributed by atoms with E-state index < -0.39 is 5.41 Å². The van der Waals surface area contributed by atoms with Crippen LogP contribution in [0, 0.1) is 0 Å². The van der Waals surface area contributed by atoms with Gasteiger partial charge in [-0.1, -0.05) is 12.1 Å². The van der Waals surface area contributed by atoms with Crippen molar-refractivity contribution in [3.8, 4) is 0 Å². The average Bonchev–Trinajstić information content (AvgIpc) is 2.88. The highest BCUT2D eigenvalue weighted by Crippen LogP contribution is 2.42. The number of hydrogen-bond donors (Lipinski definition) is 1. The van der Waals surface area contributed by atoms with E-state index in [-0.39, 0.29) is 18.2 Å². The Balaban J connectivity index is 2.01. The molecular weight excluding hydrogens is 240 g/mol. The third-order valence-corrected chi connectivity index (χ3v) is 4.23. The Hall–Kier alpha value is -1.39. The fourth-order valence-corrected chi connectivity index (χ4v) is 3.00. The number of hydrogen-bond acceptors (Lipinski definition) is 3. The number of fused-ring (bicyclic) bond motifs is 1. The minimum Gasteiger partial charge on any atom is -0.354 e. The highest BCUT2D eigenvalue weighted by Gasteiger charge is 2.42. The molecule has 1 fully saturated rings. The molecule has 2 unspecified atom stereocenters. The van der Waals surface area contributed by atoms with Crippen LogP contribution >= 0.6 is 0 Å². The summed E-state index contributed by atoms with van der Waals surface area (Å²) < 4.78 is 5.82. The van der Waals surface area contributed by atoms with E-state index in [0.717, 1.165) is 23.4 Å². The van der Waals surface area contributed by atoms with Gasteiger partial charge < -0.3 is 9.64 Å². The maximum Gasteiger partial charge on any atom is 0.236 e. The number of nitrogens with one attached hydrogen (secondary N) is 1. The topological polar surface area (TPSA) is 41.6 Å². The van der Waals surface area contributed by atoms with Crippen LogP contribution in [0.3, 0.4) is 0 Å². The molecule has 2 aliphatic rings. The number of carbonyl (C=O) groups excluding carboxylic acids is 1. The van der Waals surface area contributed by atoms with Crippen LogP contribution in [0.5, 0.6) is 0 Å². The highest BCUT2D eigenvalue weighted by molar-refractivity contribution is 6.07. The van der Waals surface area contributed by atoms with Gasteiger partial charge in [0.2, 0.25) is 5.91 Å². The van der Waals surface area contributed by atoms with Crippen molar-refractivity contribution in [1.82, 2.24) is 5.32 Å². The standard InChI is InChI=1S/C15H20N2O2/c1-9-16-8-13(19-9)10-5-6-12-11(7-10)15(2,3)14(18)17(12)4/h5-7,9,13,16H,8H2,1-4H3. The van der Waals surface area contributed by atoms with E-state index in [9.17, 15) is 4.79 Å². The third-order valence-electron chi connectivity index (χ3n) is 4.23. The van der Waals surface area contributed by atoms with Crippen molar-refractivity contribution in [2.75, 3.05) is 18.5 Å². The Morgan fingerprint density at radius 2 is 2.16 bits per heavy atom. The van der Waals surface area contributed by atoms with E-state index in [1.54, 1.807) is 4.90 Å². The molecule has 0 radical (unpaired) electrons. The number of rotatable bonds is 1. The molecule has 1 N–H and O–H groups in total. The summed E-state index contributed by atoms with van der Waals surface area (Å²) in [6.45, 7) is 6.80. The molecule has 0 spiro atoms. The van der Waals surface area contributed by atoms with Crippen molar-refractivity contribution >= 4 is 11.6 Å². The summed E-state index contributed by atoms with van der Waals surface area (Å²) in [5.74, 6) is 0.151. The van der Waals surface area contributed by atoms with Gasteiger partial charge in [-0.15, -0.1) is 0 Å². The lowest BCUT2D eigenvalue weighted by Gasteiger charge is -2.17. The first-order valence-electron chi connectivity index (χ1n) is 6.72. The van der Waals surface area contributed by atoms with E-state index in [1.807, 2.05) is 33.9 Å². The van der Waals surface area contributed by atoms with E-state index in [2.05, 4.69) is 17.4 Å². The molecule has 4 heteroatoms. The highest BCUT2D eigenvalue weighted by atomic mass is 16.5. The largest absolute Gasteiger partial charge is 0.354 e. The Morgan fingerprint density at radius 1 is 1.42 bits per heavy atom. The van der Waals surface area contributed by atoms with Gasteiger partial charge in [-0.05, 0) is 38.0 Å². The predicted molar refractivity (Wildman–Crippen MR) is 74.2 cm³/mol. The van der Waals surface area contributed by atoms with Gasteiger partial charge in [0.05, 0.1) is 11.5 Å². The zero-order valence-corrected chi connectivity index (χ0v) is 11.9. The van der Waals surface area contributed by atoms with E-state index >= 15 is 0 Å². The molecular formula is C15H20N2O2. The summed E-state index contributed by atoms with van der Waals surface area (Å²) >= 11 is 0. The first kappa shape index (κ1) is 12.6. The Kier molecular flexibility index (Phi) is 2.69. The smallest absolute Gasteiger partial charge is 0.236 e. The summed E-state index contributed by atoms with van der Waals surface area (Å²) in [5, 5.41) is 3.27. The van der Waals surface area contributed by atoms with Gasteiger partial charge in [0.15, 0.2) is 0 Å². The average molecular weight is 260 g/mol. The summed E-state index contributed by atoms with van der Waals surface area (Å²) in [5.41, 5.74) is 2.81. The number of anilines is 1. The van der Waals surface area contributed by atoms with Gasteiger partial charge in [-0.3, -0.25) is 10.1 Å². The molecule has 3 rings (SSSR count). The minimum absolute atomic E-state index is 0.0807. The monoisotopic (exact) mass is 260 g/mol. The lowest BCUT2D eigenvalue weighted by molar-refractivity contribution is -0.121. The van der Waals surface area contributed by atoms with Gasteiger partial charge in [0, 0.05) is 19.3 Å². The normalized spacial score (nSPS) is 28.8. The van der Waals surface area contributed by atoms with Crippen molar-refractivity contribution in [2.24, 2.45) is 0 Å². The summed E-state index contributed by atoms with van der Waals surface area (Å²) in [6, 6.07) is 6.22. The maximum absolute atomic E-state index is 12.3. The molecule has 1 amide bonds. The number of amides is 1. The second-order valence-corrected chi connectivity index (χ2v) is 5.94. The van der Waals surface area contributed by atoms with Gasteiger partial charge in [0.1, 0.15) is 6.23 Å². The number of nitrogens with zero attached hydrogens (tertiary/aromatic N) is 1. The number of carbonyl (C=O) groups is 1. The number of likely N-dealkylation sites (N-methyl/N-ethyl adjacent to an activating group) is 1. The minimum atomic E-state index is -0.447. The zero-order chi connectivity index (χ0) is 13.8. The maximum atomic E-state index is 12.3. The van der Waals surface area contributed by atoms with Crippen LogP contribution in [0.15, 0.2) is 18.2 Å². The molecule has 2 atom stereocenters. The summed E-state index contributed by atoms with van der Waals surface area (Å²) in [6.07, 6.45) is 0.174. The second-order valence-electron chi connectivity index (χ2n) is 5.94. The quantitative estimate of drug-likeness (QED) is 0.839. The molecule has 0 bridgehead atoms. The SMILES string of the molecule is CC1NCC(c2ccc3c(c2)C(C)(C)C(=O)N3C)O1. The zero-order valence-electron chi connectivity index (χ0n) is 11.9. The van der Waals surface area contributed by atoms with Crippen LogP contribution in [-0.4, -0.2) is 25.7 Å². The first-order valence-corrected chi connectivity index (χ1v) is 6.72. The van der Waals surface area contributed by atoms with Gasteiger partial charge in [-0.2, -0.15) is 0 Å². The van der Waals surface area contributed by atoms with Crippen molar-refractivity contribution < 1.29 is 9.53 Å². The van der Waals surface area contributed by atoms with Crippen molar-refractivity contribution in [3.05, 3.63) is 29.3 Å². The van der Waals surface area contributed by atoms with Crippen molar-refractivity contribution in [1.29, 1.82) is 0 Å². The lowest BCUT2D eigenvalue weighted by atomic mass is 9.85. The van der Waals surface area contributed by atoms with Gasteiger partial charge in [-0.25, -0.2) is 0 Å². The van der Waals surface area contributed by atoms with E-state index in [1.165, 1.54) is 0 Å². The second kappa shape index (κ2) is 4.05. The van der Waals surface area contributed by atoms with Crippen LogP contribution in [-0.2, 0) is 14.9 Å². The summed E-state index contributed by atoms with van der Waals surface area (Å²) in [7, 11) is 1.84. The number of benzene rings is 1. The van der Waals surface area contributed by atoms with Crippen molar-refractivity contribution in [2.45, 2.75) is 38.5 Å². The fraction of sp³-hybridized carbons (Fsp3) is 0.533. The predicted octanol–water partition coefficient (Wildman–Crippen LogP) is 1.95. The Labute approximate surface area is 113 Å². The molecule has 4 nitrogen and oxygen atoms in total. The Morgan fingerprint density at radius 3 is 2.79 bits per heavy atom. The van der Waals surface area contributed by atoms with Crippen LogP contribution in [0.2, 0.25) is 0 Å². The molecule has 1 aromatic carbocycles. The molecule has 1 saturated heterocycles. The van der Waals surface area contributed by atoms with Gasteiger partial charge >= 0.3 is 0 Å². The van der Waals surface area contributed by atoms with E-state index in [4.69, 9.17) is 4.74 Å². The van der Waals surface area contributed by atoms with Crippen LogP contribution in [0.1, 0.15) is 38.0 Å². The molecule has 102 valence electrons. The molecule has 0 aliphatic carbocycles. The van der Waals surface area contributed by atoms with E-state index in [0.29, 0.717) is 0 Å². The first-order chi connectivity index (χ1) is 8.91. The fourth-order valence-electron chi connectivity index (χ4n) is 3.00. The Bertz CT molecular complexity index is 539. The molecule has 19 heavy (non-hydrogen) atoms. The third kappa shape index (κ3) is 1.78. The lowest BCUT2D eigenvalue weighted by Crippen LogP contribution is -2.33. The molecule has 2 aliphatic heterocycles. The molecule has 1 aromatic rings. The molecule has 0 saturated carbocycles. The molecule has 2 heterocycles. The van der Waals surface area contributed by atoms with Crippen LogP contribution in [0.25, 0.3) is 0 Å². The summed E-state index contributed by atoms with van der Waals surface area (Å²) in [4.78, 5) is 14.0. The van der Waals surface area contributed by atoms with Crippen LogP contribution < -0.4 is 10.2 Å².